The molecule has 8 nitrogen and oxygen atoms in total. The molecule has 2 N–H and O–H groups in total. The molecule has 28 heavy (non-hydrogen) atoms. The van der Waals surface area contributed by atoms with Crippen LogP contribution < -0.4 is 5.32 Å². The summed E-state index contributed by atoms with van der Waals surface area (Å²) < 4.78 is 29.2. The highest BCUT2D eigenvalue weighted by Gasteiger charge is 2.24. The number of hydrogen-bond donors (Lipinski definition) is 2. The summed E-state index contributed by atoms with van der Waals surface area (Å²) in [5.41, 5.74) is 0.189. The average Bonchev–Trinajstić information content (AvgIpc) is 2.70. The van der Waals surface area contributed by atoms with Crippen LogP contribution in [0.2, 0.25) is 0 Å². The van der Waals surface area contributed by atoms with Gasteiger partial charge in [-0.1, -0.05) is 24.3 Å². The Kier molecular flexibility index (Phi) is 6.89. The van der Waals surface area contributed by atoms with Crippen molar-refractivity contribution in [1.29, 1.82) is 0 Å². The number of sulfone groups is 1. The third-order valence-corrected chi connectivity index (χ3v) is 5.69. The van der Waals surface area contributed by atoms with Crippen LogP contribution in [0.4, 0.5) is 0 Å². The number of methoxy groups -OCH3 is 1. The average molecular weight is 405 g/mol. The smallest absolute Gasteiger partial charge is 0.337 e. The number of nitrogens with one attached hydrogen (secondary N) is 1. The number of carboxylic acid groups (broad SMARTS) is 1. The highest BCUT2D eigenvalue weighted by Crippen LogP contribution is 2.13. The van der Waals surface area contributed by atoms with E-state index in [1.165, 1.54) is 43.5 Å². The zero-order chi connectivity index (χ0) is 20.7. The van der Waals surface area contributed by atoms with E-state index < -0.39 is 39.5 Å². The molecule has 1 amide bonds. The van der Waals surface area contributed by atoms with Gasteiger partial charge in [-0.15, -0.1) is 0 Å². The maximum absolute atomic E-state index is 12.3. The number of hydrogen-bond acceptors (Lipinski definition) is 6. The summed E-state index contributed by atoms with van der Waals surface area (Å²) in [4.78, 5) is 35.4. The molecule has 9 heteroatoms. The molecule has 148 valence electrons. The number of amides is 1. The normalized spacial score (nSPS) is 12.0. The third-order valence-electron chi connectivity index (χ3n) is 3.93. The second-order valence-corrected chi connectivity index (χ2v) is 7.97. The standard InChI is InChI=1S/C19H19NO7S/c1-27-19(24)14-7-5-6-13(12-14)17(21)20-16(18(22)23)10-11-28(25,26)15-8-3-2-4-9-15/h2-9,12,16H,10-11H2,1H3,(H,20,21)(H,22,23)/t16-/m1/s1. The molecule has 0 fully saturated rings. The van der Waals surface area contributed by atoms with Gasteiger partial charge >= 0.3 is 11.9 Å². The molecule has 0 unspecified atom stereocenters. The van der Waals surface area contributed by atoms with Gasteiger partial charge in [-0.2, -0.15) is 0 Å². The summed E-state index contributed by atoms with van der Waals surface area (Å²) in [5, 5.41) is 11.6. The predicted octanol–water partition coefficient (Wildman–Crippen LogP) is 1.52. The number of carbonyl (C=O) groups excluding carboxylic acids is 2. The van der Waals surface area contributed by atoms with Crippen LogP contribution in [0.15, 0.2) is 59.5 Å². The molecular weight excluding hydrogens is 386 g/mol. The quantitative estimate of drug-likeness (QED) is 0.638. The SMILES string of the molecule is COC(=O)c1cccc(C(=O)N[C@H](CCS(=O)(=O)c2ccccc2)C(=O)O)c1. The van der Waals surface area contributed by atoms with Gasteiger partial charge in [0.05, 0.1) is 23.3 Å². The van der Waals surface area contributed by atoms with E-state index in [2.05, 4.69) is 10.1 Å². The Morgan fingerprint density at radius 2 is 1.68 bits per heavy atom. The summed E-state index contributed by atoms with van der Waals surface area (Å²) >= 11 is 0. The molecule has 2 aromatic rings. The van der Waals surface area contributed by atoms with Crippen molar-refractivity contribution in [3.63, 3.8) is 0 Å². The lowest BCUT2D eigenvalue weighted by molar-refractivity contribution is -0.139. The summed E-state index contributed by atoms with van der Waals surface area (Å²) in [6.45, 7) is 0. The van der Waals surface area contributed by atoms with Crippen LogP contribution >= 0.6 is 0 Å². The lowest BCUT2D eigenvalue weighted by atomic mass is 10.1. The molecule has 0 heterocycles. The van der Waals surface area contributed by atoms with E-state index in [0.717, 1.165) is 0 Å². The maximum Gasteiger partial charge on any atom is 0.337 e. The van der Waals surface area contributed by atoms with Crippen LogP contribution in [0, 0.1) is 0 Å². The van der Waals surface area contributed by atoms with Gasteiger partial charge in [0.25, 0.3) is 5.91 Å². The fraction of sp³-hybridized carbons (Fsp3) is 0.211. The van der Waals surface area contributed by atoms with Crippen molar-refractivity contribution >= 4 is 27.7 Å². The van der Waals surface area contributed by atoms with Crippen molar-refractivity contribution in [2.45, 2.75) is 17.4 Å². The minimum atomic E-state index is -3.69. The number of carboxylic acids is 1. The summed E-state index contributed by atoms with van der Waals surface area (Å²) in [5.74, 6) is -3.19. The van der Waals surface area contributed by atoms with E-state index in [9.17, 15) is 27.9 Å². The van der Waals surface area contributed by atoms with Crippen molar-refractivity contribution in [2.75, 3.05) is 12.9 Å². The number of ether oxygens (including phenoxy) is 1. The molecule has 0 saturated heterocycles. The molecule has 0 radical (unpaired) electrons. The topological polar surface area (TPSA) is 127 Å². The van der Waals surface area contributed by atoms with Gasteiger partial charge in [0.1, 0.15) is 6.04 Å². The summed E-state index contributed by atoms with van der Waals surface area (Å²) in [7, 11) is -2.49. The lowest BCUT2D eigenvalue weighted by Gasteiger charge is -2.15. The largest absolute Gasteiger partial charge is 0.480 e. The first-order chi connectivity index (χ1) is 13.2. The van der Waals surface area contributed by atoms with E-state index in [0.29, 0.717) is 0 Å². The highest BCUT2D eigenvalue weighted by molar-refractivity contribution is 7.91. The number of rotatable bonds is 8. The fourth-order valence-electron chi connectivity index (χ4n) is 2.42. The van der Waals surface area contributed by atoms with Gasteiger partial charge in [0, 0.05) is 5.56 Å². The number of esters is 1. The van der Waals surface area contributed by atoms with E-state index >= 15 is 0 Å². The monoisotopic (exact) mass is 405 g/mol. The Balaban J connectivity index is 2.10. The second kappa shape index (κ2) is 9.14. The second-order valence-electron chi connectivity index (χ2n) is 5.86. The molecule has 0 spiro atoms. The van der Waals surface area contributed by atoms with Gasteiger partial charge in [0.2, 0.25) is 0 Å². The molecule has 0 aromatic heterocycles. The van der Waals surface area contributed by atoms with Gasteiger partial charge in [0.15, 0.2) is 9.84 Å². The van der Waals surface area contributed by atoms with Crippen LogP contribution in [0.25, 0.3) is 0 Å². The fourth-order valence-corrected chi connectivity index (χ4v) is 3.78. The molecule has 0 bridgehead atoms. The Bertz CT molecular complexity index is 971. The zero-order valence-electron chi connectivity index (χ0n) is 15.0. The summed E-state index contributed by atoms with van der Waals surface area (Å²) in [6.07, 6.45) is -0.311. The first kappa shape index (κ1) is 21.1. The molecular formula is C19H19NO7S. The first-order valence-electron chi connectivity index (χ1n) is 8.24. The van der Waals surface area contributed by atoms with Crippen LogP contribution in [0.1, 0.15) is 27.1 Å². The minimum Gasteiger partial charge on any atom is -0.480 e. The Hall–Kier alpha value is -3.20. The molecule has 1 atom stereocenters. The molecule has 0 aliphatic rings. The van der Waals surface area contributed by atoms with Gasteiger partial charge in [-0.05, 0) is 36.8 Å². The van der Waals surface area contributed by atoms with E-state index in [1.807, 2.05) is 0 Å². The minimum absolute atomic E-state index is 0.0556. The maximum atomic E-state index is 12.3. The van der Waals surface area contributed by atoms with Gasteiger partial charge < -0.3 is 15.2 Å². The van der Waals surface area contributed by atoms with Gasteiger partial charge in [-0.25, -0.2) is 18.0 Å². The van der Waals surface area contributed by atoms with E-state index in [1.54, 1.807) is 18.2 Å². The molecule has 0 aliphatic heterocycles. The highest BCUT2D eigenvalue weighted by atomic mass is 32.2. The predicted molar refractivity (Wildman–Crippen MR) is 99.8 cm³/mol. The molecule has 0 saturated carbocycles. The number of benzene rings is 2. The Labute approximate surface area is 162 Å². The van der Waals surface area contributed by atoms with E-state index in [4.69, 9.17) is 0 Å². The van der Waals surface area contributed by atoms with E-state index in [-0.39, 0.29) is 22.4 Å². The van der Waals surface area contributed by atoms with Crippen molar-refractivity contribution in [3.8, 4) is 0 Å². The third kappa shape index (κ3) is 5.40. The van der Waals surface area contributed by atoms with Crippen LogP contribution in [-0.4, -0.2) is 50.3 Å². The number of aliphatic carboxylic acids is 1. The van der Waals surface area contributed by atoms with Gasteiger partial charge in [-0.3, -0.25) is 4.79 Å². The van der Waals surface area contributed by atoms with Crippen LogP contribution in [-0.2, 0) is 19.4 Å². The lowest BCUT2D eigenvalue weighted by Crippen LogP contribution is -2.42. The Morgan fingerprint density at radius 3 is 2.29 bits per heavy atom. The van der Waals surface area contributed by atoms with Crippen molar-refractivity contribution in [1.82, 2.24) is 5.32 Å². The molecule has 2 aromatic carbocycles. The van der Waals surface area contributed by atoms with Crippen LogP contribution in [0.3, 0.4) is 0 Å². The van der Waals surface area contributed by atoms with Crippen molar-refractivity contribution < 1.29 is 32.6 Å². The zero-order valence-corrected chi connectivity index (χ0v) is 15.8. The molecule has 2 rings (SSSR count). The number of carbonyl (C=O) groups is 3. The van der Waals surface area contributed by atoms with Crippen LogP contribution in [0.5, 0.6) is 0 Å². The van der Waals surface area contributed by atoms with Crippen molar-refractivity contribution in [3.05, 3.63) is 65.7 Å². The Morgan fingerprint density at radius 1 is 1.04 bits per heavy atom. The van der Waals surface area contributed by atoms with Crippen molar-refractivity contribution in [2.24, 2.45) is 0 Å². The first-order valence-corrected chi connectivity index (χ1v) is 9.89. The molecule has 0 aliphatic carbocycles. The summed E-state index contributed by atoms with van der Waals surface area (Å²) in [6, 6.07) is 11.8.